The molecule has 3 aromatic heterocycles. The van der Waals surface area contributed by atoms with Crippen molar-refractivity contribution in [2.45, 2.75) is 0 Å². The Balaban J connectivity index is 1.45. The smallest absolute Gasteiger partial charge is 0.234 e. The number of hydrogen-bond donors (Lipinski definition) is 0. The van der Waals surface area contributed by atoms with Gasteiger partial charge in [-0.15, -0.1) is 0 Å². The van der Waals surface area contributed by atoms with Gasteiger partial charge in [-0.05, 0) is 48.0 Å². The first-order valence-corrected chi connectivity index (χ1v) is 19.2. The van der Waals surface area contributed by atoms with E-state index in [1.54, 1.807) is 12.4 Å². The molecular weight excluding hydrogens is 767 g/mol. The Labute approximate surface area is 353 Å². The monoisotopic (exact) mass is 789 g/mol. The van der Waals surface area contributed by atoms with E-state index >= 15 is 0 Å². The number of hydrogen-bond acceptors (Lipinski definition) is 9. The molecule has 0 aliphatic rings. The van der Waals surface area contributed by atoms with Gasteiger partial charge in [0.1, 0.15) is 11.2 Å². The van der Waals surface area contributed by atoms with Gasteiger partial charge in [0.15, 0.2) is 0 Å². The van der Waals surface area contributed by atoms with E-state index in [0.717, 1.165) is 21.8 Å². The number of nitrogens with zero attached hydrogens (tertiary/aromatic N) is 9. The molecule has 62 heavy (non-hydrogen) atoms. The van der Waals surface area contributed by atoms with E-state index in [9.17, 15) is 31.6 Å². The lowest BCUT2D eigenvalue weighted by molar-refractivity contribution is 0.670. The second-order valence-electron chi connectivity index (χ2n) is 14.4. The van der Waals surface area contributed by atoms with Gasteiger partial charge in [0.25, 0.3) is 0 Å². The highest BCUT2D eigenvalue weighted by atomic mass is 16.3. The molecule has 0 atom stereocenters. The molecule has 10 nitrogen and oxygen atoms in total. The van der Waals surface area contributed by atoms with Crippen molar-refractivity contribution in [1.82, 2.24) is 14.5 Å². The minimum atomic E-state index is -0.00828. The van der Waals surface area contributed by atoms with Crippen LogP contribution >= 0.6 is 0 Å². The summed E-state index contributed by atoms with van der Waals surface area (Å²) in [6, 6.07) is 51.6. The second kappa shape index (κ2) is 14.5. The lowest BCUT2D eigenvalue weighted by Crippen LogP contribution is -2.04. The summed E-state index contributed by atoms with van der Waals surface area (Å²) in [5.41, 5.74) is 5.81. The van der Waals surface area contributed by atoms with Crippen LogP contribution in [0, 0.1) is 68.0 Å². The van der Waals surface area contributed by atoms with Crippen LogP contribution in [0.1, 0.15) is 33.4 Å². The van der Waals surface area contributed by atoms with Crippen molar-refractivity contribution >= 4 is 43.7 Å². The van der Waals surface area contributed by atoms with E-state index in [1.165, 1.54) is 24.3 Å². The van der Waals surface area contributed by atoms with Gasteiger partial charge in [-0.1, -0.05) is 84.9 Å². The van der Waals surface area contributed by atoms with Crippen molar-refractivity contribution in [2.75, 3.05) is 0 Å². The summed E-state index contributed by atoms with van der Waals surface area (Å²) in [4.78, 5) is 9.95. The molecule has 0 amide bonds. The zero-order chi connectivity index (χ0) is 42.5. The molecule has 7 aromatic carbocycles. The highest BCUT2D eigenvalue weighted by molar-refractivity contribution is 6.25. The molecule has 282 valence electrons. The molecule has 10 rings (SSSR count). The number of para-hydroxylation sites is 3. The van der Waals surface area contributed by atoms with E-state index < -0.39 is 0 Å². The van der Waals surface area contributed by atoms with Gasteiger partial charge in [-0.25, -0.2) is 9.97 Å². The second-order valence-corrected chi connectivity index (χ2v) is 14.4. The van der Waals surface area contributed by atoms with Crippen molar-refractivity contribution in [3.8, 4) is 86.9 Å². The normalized spacial score (nSPS) is 10.8. The maximum atomic E-state index is 10.9. The van der Waals surface area contributed by atoms with Gasteiger partial charge in [0.2, 0.25) is 5.95 Å². The summed E-state index contributed by atoms with van der Waals surface area (Å²) in [5.74, 6) is 0.383. The molecule has 0 radical (unpaired) electrons. The molecule has 3 heterocycles. The van der Waals surface area contributed by atoms with E-state index in [2.05, 4.69) is 36.4 Å². The lowest BCUT2D eigenvalue weighted by atomic mass is 9.76. The summed E-state index contributed by atoms with van der Waals surface area (Å²) in [5, 5.41) is 67.0. The van der Waals surface area contributed by atoms with Crippen molar-refractivity contribution in [3.05, 3.63) is 173 Å². The maximum Gasteiger partial charge on any atom is 0.234 e. The van der Waals surface area contributed by atoms with Crippen molar-refractivity contribution < 1.29 is 4.42 Å². The average Bonchev–Trinajstić information content (AvgIpc) is 3.89. The van der Waals surface area contributed by atoms with Gasteiger partial charge in [0, 0.05) is 72.9 Å². The standard InChI is InChI=1S/C52H23N9O/c53-22-30-18-33(24-55)44(34(19-30)25-56)49-46(32-10-2-1-3-11-32)48-40-14-6-9-17-43(40)62-51(48)47(50(49)45-35(26-57)20-31(23-54)21-36(45)27-58)37-28-59-52(60-29-37)61-41-15-7-4-12-38(41)39-13-5-8-16-42(39)61/h1-21,28-29H. The van der Waals surface area contributed by atoms with Gasteiger partial charge < -0.3 is 4.42 Å². The summed E-state index contributed by atoms with van der Waals surface area (Å²) >= 11 is 0. The van der Waals surface area contributed by atoms with Gasteiger partial charge in [-0.3, -0.25) is 4.57 Å². The van der Waals surface area contributed by atoms with Crippen LogP contribution in [0.4, 0.5) is 0 Å². The molecule has 0 aliphatic heterocycles. The predicted octanol–water partition coefficient (Wildman–Crippen LogP) is 11.4. The third-order valence-electron chi connectivity index (χ3n) is 11.1. The van der Waals surface area contributed by atoms with Crippen molar-refractivity contribution in [3.63, 3.8) is 0 Å². The topological polar surface area (TPSA) is 187 Å². The minimum Gasteiger partial charge on any atom is -0.455 e. The molecule has 0 bridgehead atoms. The number of benzene rings is 7. The summed E-state index contributed by atoms with van der Waals surface area (Å²) in [6.07, 6.45) is 3.31. The first-order valence-electron chi connectivity index (χ1n) is 19.2. The number of aromatic nitrogens is 3. The average molecular weight is 790 g/mol. The van der Waals surface area contributed by atoms with Crippen LogP contribution in [-0.2, 0) is 0 Å². The molecule has 0 N–H and O–H groups in total. The third-order valence-corrected chi connectivity index (χ3v) is 11.1. The Bertz CT molecular complexity index is 3690. The fraction of sp³-hybridized carbons (Fsp3) is 0. The first-order chi connectivity index (χ1) is 30.5. The minimum absolute atomic E-state index is 0.00828. The molecular formula is C52H23N9O. The molecule has 0 unspecified atom stereocenters. The molecule has 0 saturated carbocycles. The zero-order valence-corrected chi connectivity index (χ0v) is 32.2. The highest BCUT2D eigenvalue weighted by Gasteiger charge is 2.33. The van der Waals surface area contributed by atoms with Crippen LogP contribution in [0.25, 0.3) is 94.2 Å². The lowest BCUT2D eigenvalue weighted by Gasteiger charge is -2.24. The molecule has 10 aromatic rings. The Morgan fingerprint density at radius 3 is 1.37 bits per heavy atom. The molecule has 10 heteroatoms. The number of rotatable bonds is 5. The van der Waals surface area contributed by atoms with Crippen LogP contribution in [-0.4, -0.2) is 14.5 Å². The Morgan fingerprint density at radius 2 is 0.871 bits per heavy atom. The zero-order valence-electron chi connectivity index (χ0n) is 32.2. The number of furan rings is 1. The summed E-state index contributed by atoms with van der Waals surface area (Å²) in [7, 11) is 0. The van der Waals surface area contributed by atoms with Gasteiger partial charge in [-0.2, -0.15) is 31.6 Å². The molecule has 0 aliphatic carbocycles. The van der Waals surface area contributed by atoms with Crippen LogP contribution in [0.15, 0.2) is 144 Å². The molecule has 0 saturated heterocycles. The Hall–Kier alpha value is -9.84. The van der Waals surface area contributed by atoms with E-state index in [0.29, 0.717) is 55.7 Å². The van der Waals surface area contributed by atoms with E-state index in [-0.39, 0.29) is 50.1 Å². The fourth-order valence-corrected chi connectivity index (χ4v) is 8.64. The van der Waals surface area contributed by atoms with Crippen molar-refractivity contribution in [2.24, 2.45) is 0 Å². The largest absolute Gasteiger partial charge is 0.455 e. The number of nitriles is 6. The van der Waals surface area contributed by atoms with Crippen LogP contribution < -0.4 is 0 Å². The summed E-state index contributed by atoms with van der Waals surface area (Å²) in [6.45, 7) is 0. The fourth-order valence-electron chi connectivity index (χ4n) is 8.64. The first kappa shape index (κ1) is 36.5. The SMILES string of the molecule is N#Cc1cc(C#N)c(-c2c(-c3c(C#N)cc(C#N)cc3C#N)c(-c3ccccc3)c3c(oc4ccccc43)c2-c2cnc(-n3c4ccccc4c4ccccc43)nc2)c(C#N)c1. The van der Waals surface area contributed by atoms with Crippen LogP contribution in [0.3, 0.4) is 0 Å². The Kier molecular flexibility index (Phi) is 8.55. The van der Waals surface area contributed by atoms with E-state index in [1.807, 2.05) is 108 Å². The van der Waals surface area contributed by atoms with Crippen LogP contribution in [0.2, 0.25) is 0 Å². The number of fused-ring (bicyclic) bond motifs is 6. The van der Waals surface area contributed by atoms with Crippen LogP contribution in [0.5, 0.6) is 0 Å². The maximum absolute atomic E-state index is 10.9. The highest BCUT2D eigenvalue weighted by Crippen LogP contribution is 2.55. The van der Waals surface area contributed by atoms with E-state index in [4.69, 9.17) is 14.4 Å². The summed E-state index contributed by atoms with van der Waals surface area (Å²) < 4.78 is 8.84. The van der Waals surface area contributed by atoms with Gasteiger partial charge >= 0.3 is 0 Å². The van der Waals surface area contributed by atoms with Crippen molar-refractivity contribution in [1.29, 1.82) is 31.6 Å². The Morgan fingerprint density at radius 1 is 0.419 bits per heavy atom. The predicted molar refractivity (Wildman–Crippen MR) is 234 cm³/mol. The quantitative estimate of drug-likeness (QED) is 0.163. The molecule has 0 fully saturated rings. The third kappa shape index (κ3) is 5.45. The van der Waals surface area contributed by atoms with Gasteiger partial charge in [0.05, 0.1) is 80.8 Å². The molecule has 0 spiro atoms.